The highest BCUT2D eigenvalue weighted by molar-refractivity contribution is 5.76. The number of carbonyl (C=O) groups is 1. The lowest BCUT2D eigenvalue weighted by Gasteiger charge is -2.20. The number of nitrogens with zero attached hydrogens (tertiary/aromatic N) is 2. The molecule has 3 atom stereocenters. The minimum absolute atomic E-state index is 0.225. The Kier molecular flexibility index (Phi) is 4.68. The maximum atomic E-state index is 12.0. The van der Waals surface area contributed by atoms with Gasteiger partial charge in [-0.1, -0.05) is 6.42 Å². The lowest BCUT2D eigenvalue weighted by molar-refractivity contribution is -0.122. The van der Waals surface area contributed by atoms with E-state index in [4.69, 9.17) is 0 Å². The van der Waals surface area contributed by atoms with Crippen molar-refractivity contribution in [2.45, 2.75) is 38.5 Å². The van der Waals surface area contributed by atoms with Gasteiger partial charge in [0.15, 0.2) is 0 Å². The Balaban J connectivity index is 1.26. The molecule has 2 bridgehead atoms. The van der Waals surface area contributed by atoms with Gasteiger partial charge in [-0.05, 0) is 49.5 Å². The lowest BCUT2D eigenvalue weighted by Crippen LogP contribution is -2.29. The molecule has 2 N–H and O–H groups in total. The molecule has 0 aliphatic heterocycles. The number of fused-ring (bicyclic) bond motifs is 2. The monoisotopic (exact) mass is 288 g/mol. The molecule has 2 aliphatic carbocycles. The first kappa shape index (κ1) is 14.3. The topological polar surface area (TPSA) is 66.9 Å². The van der Waals surface area contributed by atoms with Crippen molar-refractivity contribution >= 4 is 11.9 Å². The van der Waals surface area contributed by atoms with E-state index in [2.05, 4.69) is 20.6 Å². The molecule has 21 heavy (non-hydrogen) atoms. The van der Waals surface area contributed by atoms with Crippen molar-refractivity contribution in [1.29, 1.82) is 0 Å². The number of amides is 1. The van der Waals surface area contributed by atoms with Crippen LogP contribution in [0.5, 0.6) is 0 Å². The van der Waals surface area contributed by atoms with Crippen molar-refractivity contribution in [1.82, 2.24) is 15.3 Å². The fraction of sp³-hybridized carbons (Fsp3) is 0.688. The molecule has 0 aromatic carbocycles. The smallest absolute Gasteiger partial charge is 0.222 e. The SMILES string of the molecule is O=C(C[C@H]1C[C@H]2CC[C@H]1C2)NCCCNc1ncccn1. The largest absolute Gasteiger partial charge is 0.356 e. The van der Waals surface area contributed by atoms with E-state index in [-0.39, 0.29) is 5.91 Å². The van der Waals surface area contributed by atoms with Crippen LogP contribution >= 0.6 is 0 Å². The Labute approximate surface area is 125 Å². The zero-order valence-electron chi connectivity index (χ0n) is 12.4. The van der Waals surface area contributed by atoms with E-state index >= 15 is 0 Å². The van der Waals surface area contributed by atoms with Gasteiger partial charge in [0.25, 0.3) is 0 Å². The number of hydrogen-bond acceptors (Lipinski definition) is 4. The molecule has 2 fully saturated rings. The molecular formula is C16H24N4O. The Morgan fingerprint density at radius 2 is 2.05 bits per heavy atom. The Morgan fingerprint density at radius 3 is 2.76 bits per heavy atom. The van der Waals surface area contributed by atoms with Crippen LogP contribution in [0.4, 0.5) is 5.95 Å². The van der Waals surface area contributed by atoms with Gasteiger partial charge in [0.2, 0.25) is 11.9 Å². The molecule has 0 spiro atoms. The van der Waals surface area contributed by atoms with Gasteiger partial charge in [-0.25, -0.2) is 9.97 Å². The predicted octanol–water partition coefficient (Wildman–Crippen LogP) is 2.22. The van der Waals surface area contributed by atoms with Crippen LogP contribution in [0.25, 0.3) is 0 Å². The number of rotatable bonds is 7. The predicted molar refractivity (Wildman–Crippen MR) is 81.7 cm³/mol. The van der Waals surface area contributed by atoms with Crippen LogP contribution in [0.15, 0.2) is 18.5 Å². The van der Waals surface area contributed by atoms with Crippen LogP contribution in [0.2, 0.25) is 0 Å². The van der Waals surface area contributed by atoms with Gasteiger partial charge in [0.1, 0.15) is 0 Å². The number of nitrogens with one attached hydrogen (secondary N) is 2. The summed E-state index contributed by atoms with van der Waals surface area (Å²) in [5.41, 5.74) is 0. The first-order valence-corrected chi connectivity index (χ1v) is 8.09. The molecule has 1 amide bonds. The zero-order chi connectivity index (χ0) is 14.5. The lowest BCUT2D eigenvalue weighted by atomic mass is 9.86. The second-order valence-electron chi connectivity index (χ2n) is 6.34. The molecule has 1 aromatic heterocycles. The summed E-state index contributed by atoms with van der Waals surface area (Å²) in [6.45, 7) is 1.50. The van der Waals surface area contributed by atoms with Crippen molar-refractivity contribution in [2.24, 2.45) is 17.8 Å². The van der Waals surface area contributed by atoms with Crippen LogP contribution in [0.3, 0.4) is 0 Å². The average molecular weight is 288 g/mol. The molecule has 2 saturated carbocycles. The minimum atomic E-state index is 0.225. The van der Waals surface area contributed by atoms with E-state index in [9.17, 15) is 4.79 Å². The Morgan fingerprint density at radius 1 is 1.19 bits per heavy atom. The average Bonchev–Trinajstić information content (AvgIpc) is 3.10. The highest BCUT2D eigenvalue weighted by Gasteiger charge is 2.39. The summed E-state index contributed by atoms with van der Waals surface area (Å²) in [5, 5.41) is 6.18. The van der Waals surface area contributed by atoms with Crippen molar-refractivity contribution in [2.75, 3.05) is 18.4 Å². The maximum absolute atomic E-state index is 12.0. The number of carbonyl (C=O) groups excluding carboxylic acids is 1. The highest BCUT2D eigenvalue weighted by Crippen LogP contribution is 2.49. The van der Waals surface area contributed by atoms with Gasteiger partial charge in [-0.15, -0.1) is 0 Å². The normalized spacial score (nSPS) is 26.8. The van der Waals surface area contributed by atoms with Crippen LogP contribution in [0.1, 0.15) is 38.5 Å². The number of aromatic nitrogens is 2. The summed E-state index contributed by atoms with van der Waals surface area (Å²) in [7, 11) is 0. The maximum Gasteiger partial charge on any atom is 0.222 e. The summed E-state index contributed by atoms with van der Waals surface area (Å²) in [4.78, 5) is 20.1. The Bertz CT molecular complexity index is 465. The summed E-state index contributed by atoms with van der Waals surface area (Å²) in [6.07, 6.45) is 10.5. The van der Waals surface area contributed by atoms with Gasteiger partial charge in [0.05, 0.1) is 0 Å². The second kappa shape index (κ2) is 6.87. The molecule has 1 heterocycles. The van der Waals surface area contributed by atoms with E-state index in [1.54, 1.807) is 18.5 Å². The zero-order valence-corrected chi connectivity index (χ0v) is 12.4. The summed E-state index contributed by atoms with van der Waals surface area (Å²) < 4.78 is 0. The quantitative estimate of drug-likeness (QED) is 0.755. The standard InChI is InChI=1S/C16H24N4O/c21-15(11-14-10-12-3-4-13(14)9-12)17-5-1-6-18-16-19-7-2-8-20-16/h2,7-8,12-14H,1,3-6,9-11H2,(H,17,21)(H,18,19,20)/t12-,13-,14+/m0/s1. The summed E-state index contributed by atoms with van der Waals surface area (Å²) in [6, 6.07) is 1.79. The van der Waals surface area contributed by atoms with Crippen LogP contribution in [-0.2, 0) is 4.79 Å². The van der Waals surface area contributed by atoms with E-state index in [1.807, 2.05) is 0 Å². The summed E-state index contributed by atoms with van der Waals surface area (Å²) in [5.74, 6) is 3.27. The van der Waals surface area contributed by atoms with Gasteiger partial charge >= 0.3 is 0 Å². The van der Waals surface area contributed by atoms with Crippen molar-refractivity contribution in [3.8, 4) is 0 Å². The third-order valence-electron chi connectivity index (χ3n) is 4.86. The number of hydrogen-bond donors (Lipinski definition) is 2. The molecule has 1 aromatic rings. The molecule has 2 aliphatic rings. The van der Waals surface area contributed by atoms with Gasteiger partial charge < -0.3 is 10.6 Å². The van der Waals surface area contributed by atoms with Crippen molar-refractivity contribution in [3.05, 3.63) is 18.5 Å². The highest BCUT2D eigenvalue weighted by atomic mass is 16.1. The van der Waals surface area contributed by atoms with Crippen LogP contribution < -0.4 is 10.6 Å². The van der Waals surface area contributed by atoms with Crippen molar-refractivity contribution < 1.29 is 4.79 Å². The van der Waals surface area contributed by atoms with Gasteiger partial charge in [0, 0.05) is 31.9 Å². The molecule has 114 valence electrons. The minimum Gasteiger partial charge on any atom is -0.356 e. The van der Waals surface area contributed by atoms with Gasteiger partial charge in [-0.3, -0.25) is 4.79 Å². The number of anilines is 1. The van der Waals surface area contributed by atoms with E-state index < -0.39 is 0 Å². The van der Waals surface area contributed by atoms with Crippen LogP contribution in [0, 0.1) is 17.8 Å². The molecule has 5 heteroatoms. The third-order valence-corrected chi connectivity index (χ3v) is 4.86. The van der Waals surface area contributed by atoms with E-state index in [1.165, 1.54) is 25.7 Å². The molecule has 3 rings (SSSR count). The molecule has 0 saturated heterocycles. The molecule has 0 radical (unpaired) electrons. The third kappa shape index (κ3) is 3.93. The first-order valence-electron chi connectivity index (χ1n) is 8.09. The second-order valence-corrected chi connectivity index (χ2v) is 6.34. The molecule has 0 unspecified atom stereocenters. The summed E-state index contributed by atoms with van der Waals surface area (Å²) >= 11 is 0. The molecule has 5 nitrogen and oxygen atoms in total. The Hall–Kier alpha value is -1.65. The fourth-order valence-corrected chi connectivity index (χ4v) is 3.84. The fourth-order valence-electron chi connectivity index (χ4n) is 3.84. The molecular weight excluding hydrogens is 264 g/mol. The van der Waals surface area contributed by atoms with Crippen LogP contribution in [-0.4, -0.2) is 29.0 Å². The van der Waals surface area contributed by atoms with Crippen molar-refractivity contribution in [3.63, 3.8) is 0 Å². The van der Waals surface area contributed by atoms with E-state index in [0.29, 0.717) is 11.9 Å². The van der Waals surface area contributed by atoms with Gasteiger partial charge in [-0.2, -0.15) is 0 Å². The first-order chi connectivity index (χ1) is 10.3. The van der Waals surface area contributed by atoms with E-state index in [0.717, 1.165) is 37.8 Å².